The van der Waals surface area contributed by atoms with Gasteiger partial charge < -0.3 is 20.7 Å². The van der Waals surface area contributed by atoms with Gasteiger partial charge >= 0.3 is 0 Å². The van der Waals surface area contributed by atoms with Crippen molar-refractivity contribution < 1.29 is 13.9 Å². The highest BCUT2D eigenvalue weighted by atomic mass is 19.1. The lowest BCUT2D eigenvalue weighted by molar-refractivity contribution is -0.0166. The zero-order chi connectivity index (χ0) is 22.0. The fourth-order valence-electron chi connectivity index (χ4n) is 4.47. The van der Waals surface area contributed by atoms with E-state index in [9.17, 15) is 14.4 Å². The lowest BCUT2D eigenvalue weighted by atomic mass is 9.81. The number of rotatable bonds is 7. The summed E-state index contributed by atoms with van der Waals surface area (Å²) in [5, 5.41) is 17.3. The minimum atomic E-state index is -0.614. The molecule has 0 bridgehead atoms. The van der Waals surface area contributed by atoms with Crippen LogP contribution in [0.1, 0.15) is 35.7 Å². The number of aromatic nitrogens is 2. The minimum Gasteiger partial charge on any atom is -0.381 e. The third-order valence-electron chi connectivity index (χ3n) is 6.32. The van der Waals surface area contributed by atoms with Gasteiger partial charge in [0.2, 0.25) is 0 Å². The number of primary amides is 1. The Kier molecular flexibility index (Phi) is 6.20. The van der Waals surface area contributed by atoms with Crippen LogP contribution in [0.3, 0.4) is 0 Å². The molecule has 1 aliphatic carbocycles. The molecule has 31 heavy (non-hydrogen) atoms. The Bertz CT molecular complexity index is 963. The van der Waals surface area contributed by atoms with E-state index in [-0.39, 0.29) is 23.3 Å². The fourth-order valence-corrected chi connectivity index (χ4v) is 4.47. The molecule has 4 rings (SSSR count). The average molecular weight is 426 g/mol. The first-order valence-corrected chi connectivity index (χ1v) is 10.5. The topological polar surface area (TPSA) is 109 Å². The smallest absolute Gasteiger partial charge is 0.254 e. The van der Waals surface area contributed by atoms with Crippen LogP contribution in [0.15, 0.2) is 30.5 Å². The third kappa shape index (κ3) is 4.70. The van der Waals surface area contributed by atoms with Crippen molar-refractivity contribution in [1.29, 1.82) is 5.26 Å². The number of carbonyl (C=O) groups is 1. The first-order chi connectivity index (χ1) is 15.0. The summed E-state index contributed by atoms with van der Waals surface area (Å²) in [6.45, 7) is 2.52. The van der Waals surface area contributed by atoms with Crippen LogP contribution in [0.25, 0.3) is 0 Å². The molecule has 1 aliphatic heterocycles. The number of nitriles is 1. The van der Waals surface area contributed by atoms with Crippen LogP contribution in [0, 0.1) is 29.0 Å². The van der Waals surface area contributed by atoms with Crippen LogP contribution < -0.4 is 11.1 Å². The molecule has 1 saturated heterocycles. The monoisotopic (exact) mass is 426 g/mol. The maximum absolute atomic E-state index is 13.2. The second kappa shape index (κ2) is 9.04. The van der Waals surface area contributed by atoms with Gasteiger partial charge in [-0.15, -0.1) is 0 Å². The molecule has 2 heterocycles. The van der Waals surface area contributed by atoms with Crippen molar-refractivity contribution in [2.24, 2.45) is 17.6 Å². The predicted molar refractivity (Wildman–Crippen MR) is 113 cm³/mol. The summed E-state index contributed by atoms with van der Waals surface area (Å²) >= 11 is 0. The molecule has 164 valence electrons. The van der Waals surface area contributed by atoms with E-state index in [2.05, 4.69) is 21.4 Å². The van der Waals surface area contributed by atoms with Gasteiger partial charge in [-0.25, -0.2) is 4.39 Å². The molecule has 0 unspecified atom stereocenters. The number of nitrogens with two attached hydrogens (primary N) is 1. The SMILES string of the molecule is COC1CC(CN2CC[C@H](C#N)[C@@H](n3cc(C(N)=O)c(Nc4ccc(F)cc4)n3)C2)C1. The van der Waals surface area contributed by atoms with Gasteiger partial charge in [0, 0.05) is 32.1 Å². The van der Waals surface area contributed by atoms with Crippen molar-refractivity contribution in [2.45, 2.75) is 31.4 Å². The number of piperidine rings is 1. The van der Waals surface area contributed by atoms with E-state index < -0.39 is 5.91 Å². The molecule has 0 spiro atoms. The number of ether oxygens (including phenoxy) is 1. The third-order valence-corrected chi connectivity index (χ3v) is 6.32. The normalized spacial score (nSPS) is 26.1. The van der Waals surface area contributed by atoms with Crippen molar-refractivity contribution in [3.63, 3.8) is 0 Å². The maximum Gasteiger partial charge on any atom is 0.254 e. The Hall–Kier alpha value is -2.96. The molecule has 2 atom stereocenters. The average Bonchev–Trinajstić information content (AvgIpc) is 3.16. The van der Waals surface area contributed by atoms with Gasteiger partial charge in [-0.2, -0.15) is 10.4 Å². The van der Waals surface area contributed by atoms with Crippen LogP contribution >= 0.6 is 0 Å². The molecule has 2 aliphatic rings. The van der Waals surface area contributed by atoms with Crippen molar-refractivity contribution in [3.05, 3.63) is 41.8 Å². The van der Waals surface area contributed by atoms with Gasteiger partial charge in [-0.05, 0) is 56.0 Å². The summed E-state index contributed by atoms with van der Waals surface area (Å²) in [5.74, 6) is -0.261. The Morgan fingerprint density at radius 3 is 2.77 bits per heavy atom. The van der Waals surface area contributed by atoms with Gasteiger partial charge in [0.15, 0.2) is 5.82 Å². The second-order valence-corrected chi connectivity index (χ2v) is 8.41. The van der Waals surface area contributed by atoms with Crippen molar-refractivity contribution in [2.75, 3.05) is 32.1 Å². The Labute approximate surface area is 180 Å². The number of benzene rings is 1. The zero-order valence-electron chi connectivity index (χ0n) is 17.5. The molecule has 0 radical (unpaired) electrons. The summed E-state index contributed by atoms with van der Waals surface area (Å²) in [7, 11) is 1.75. The predicted octanol–water partition coefficient (Wildman–Crippen LogP) is 2.68. The van der Waals surface area contributed by atoms with E-state index in [4.69, 9.17) is 10.5 Å². The first-order valence-electron chi connectivity index (χ1n) is 10.5. The van der Waals surface area contributed by atoms with Crippen LogP contribution in [-0.4, -0.2) is 53.4 Å². The molecule has 2 aromatic rings. The molecular formula is C22H27FN6O2. The van der Waals surface area contributed by atoms with Crippen molar-refractivity contribution in [3.8, 4) is 6.07 Å². The lowest BCUT2D eigenvalue weighted by Gasteiger charge is -2.41. The molecule has 8 nitrogen and oxygen atoms in total. The van der Waals surface area contributed by atoms with E-state index >= 15 is 0 Å². The summed E-state index contributed by atoms with van der Waals surface area (Å²) in [6.07, 6.45) is 4.85. The molecular weight excluding hydrogens is 399 g/mol. The largest absolute Gasteiger partial charge is 0.381 e. The maximum atomic E-state index is 13.2. The van der Waals surface area contributed by atoms with Crippen molar-refractivity contribution >= 4 is 17.4 Å². The van der Waals surface area contributed by atoms with Gasteiger partial charge in [-0.1, -0.05) is 0 Å². The molecule has 1 aromatic carbocycles. The van der Waals surface area contributed by atoms with E-state index in [1.54, 1.807) is 30.1 Å². The number of methoxy groups -OCH3 is 1. The summed E-state index contributed by atoms with van der Waals surface area (Å²) in [5.41, 5.74) is 6.40. The van der Waals surface area contributed by atoms with Gasteiger partial charge in [0.25, 0.3) is 5.91 Å². The highest BCUT2D eigenvalue weighted by molar-refractivity contribution is 5.98. The van der Waals surface area contributed by atoms with Gasteiger partial charge in [0.1, 0.15) is 11.4 Å². The standard InChI is InChI=1S/C22H27FN6O2/c1-31-18-8-14(9-18)11-28-7-6-15(10-24)20(13-28)29-12-19(21(25)30)22(27-29)26-17-4-2-16(23)3-5-17/h2-5,12,14-15,18,20H,6-9,11,13H2,1H3,(H2,25,30)(H,26,27)/t14?,15-,18?,20+/m1/s1. The van der Waals surface area contributed by atoms with E-state index in [0.717, 1.165) is 32.4 Å². The minimum absolute atomic E-state index is 0.182. The molecule has 3 N–H and O–H groups in total. The van der Waals surface area contributed by atoms with Crippen LogP contribution in [0.5, 0.6) is 0 Å². The number of anilines is 2. The van der Waals surface area contributed by atoms with Crippen LogP contribution in [0.2, 0.25) is 0 Å². The Balaban J connectivity index is 1.52. The number of likely N-dealkylation sites (tertiary alicyclic amines) is 1. The van der Waals surface area contributed by atoms with Crippen molar-refractivity contribution in [1.82, 2.24) is 14.7 Å². The van der Waals surface area contributed by atoms with Crippen LogP contribution in [0.4, 0.5) is 15.9 Å². The fraction of sp³-hybridized carbons (Fsp3) is 0.500. The Morgan fingerprint density at radius 1 is 1.39 bits per heavy atom. The molecule has 9 heteroatoms. The summed E-state index contributed by atoms with van der Waals surface area (Å²) in [4.78, 5) is 14.4. The van der Waals surface area contributed by atoms with E-state index in [0.29, 0.717) is 30.1 Å². The number of amides is 1. The highest BCUT2D eigenvalue weighted by Gasteiger charge is 2.36. The van der Waals surface area contributed by atoms with Gasteiger partial charge in [-0.3, -0.25) is 9.48 Å². The Morgan fingerprint density at radius 2 is 2.13 bits per heavy atom. The lowest BCUT2D eigenvalue weighted by Crippen LogP contribution is -2.46. The zero-order valence-corrected chi connectivity index (χ0v) is 17.5. The molecule has 1 amide bonds. The quantitative estimate of drug-likeness (QED) is 0.705. The first kappa shape index (κ1) is 21.3. The number of nitrogens with one attached hydrogen (secondary N) is 1. The van der Waals surface area contributed by atoms with Gasteiger partial charge in [0.05, 0.1) is 24.1 Å². The van der Waals surface area contributed by atoms with Crippen LogP contribution in [-0.2, 0) is 4.74 Å². The summed E-state index contributed by atoms with van der Waals surface area (Å²) in [6, 6.07) is 7.98. The highest BCUT2D eigenvalue weighted by Crippen LogP contribution is 2.34. The molecule has 2 fully saturated rings. The number of nitrogens with zero attached hydrogens (tertiary/aromatic N) is 4. The summed E-state index contributed by atoms with van der Waals surface area (Å²) < 4.78 is 20.3. The number of hydrogen-bond acceptors (Lipinski definition) is 6. The van der Waals surface area contributed by atoms with E-state index in [1.807, 2.05) is 0 Å². The molecule has 1 aromatic heterocycles. The number of hydrogen-bond donors (Lipinski definition) is 2. The van der Waals surface area contributed by atoms with E-state index in [1.165, 1.54) is 12.1 Å². The molecule has 1 saturated carbocycles. The number of halogens is 1. The second-order valence-electron chi connectivity index (χ2n) is 8.41. The number of carbonyl (C=O) groups excluding carboxylic acids is 1.